The molecule has 0 aromatic carbocycles. The van der Waals surface area contributed by atoms with Crippen LogP contribution < -0.4 is 5.73 Å². The molecule has 5 nitrogen and oxygen atoms in total. The van der Waals surface area contributed by atoms with Crippen molar-refractivity contribution in [1.29, 1.82) is 0 Å². The zero-order chi connectivity index (χ0) is 12.0. The molecule has 0 bridgehead atoms. The van der Waals surface area contributed by atoms with E-state index in [0.717, 1.165) is 38.9 Å². The molecule has 16 heavy (non-hydrogen) atoms. The van der Waals surface area contributed by atoms with Crippen LogP contribution >= 0.6 is 0 Å². The Morgan fingerprint density at radius 1 is 1.56 bits per heavy atom. The van der Waals surface area contributed by atoms with Crippen molar-refractivity contribution in [2.45, 2.75) is 38.7 Å². The second-order valence-electron chi connectivity index (χ2n) is 4.64. The maximum absolute atomic E-state index is 9.46. The number of amidine groups is 1. The number of hydrogen-bond donors (Lipinski definition) is 3. The fourth-order valence-corrected chi connectivity index (χ4v) is 2.15. The van der Waals surface area contributed by atoms with Crippen LogP contribution in [0, 0.1) is 5.92 Å². The second-order valence-corrected chi connectivity index (χ2v) is 4.64. The number of rotatable bonds is 6. The monoisotopic (exact) mass is 229 g/mol. The number of nitrogens with two attached hydrogens (primary N) is 1. The van der Waals surface area contributed by atoms with Gasteiger partial charge < -0.3 is 20.9 Å². The fraction of sp³-hybridized carbons (Fsp3) is 0.909. The molecule has 0 spiro atoms. The van der Waals surface area contributed by atoms with Crippen LogP contribution in [0.25, 0.3) is 0 Å². The molecule has 1 saturated heterocycles. The molecule has 94 valence electrons. The van der Waals surface area contributed by atoms with Crippen LogP contribution in [0.4, 0.5) is 0 Å². The lowest BCUT2D eigenvalue weighted by molar-refractivity contribution is 0.127. The molecule has 2 unspecified atom stereocenters. The van der Waals surface area contributed by atoms with Gasteiger partial charge in [-0.1, -0.05) is 5.16 Å². The molecule has 0 aromatic heterocycles. The van der Waals surface area contributed by atoms with Crippen molar-refractivity contribution in [3.8, 4) is 0 Å². The van der Waals surface area contributed by atoms with E-state index < -0.39 is 0 Å². The maximum Gasteiger partial charge on any atom is 0.139 e. The molecule has 4 N–H and O–H groups in total. The molecule has 1 fully saturated rings. The lowest BCUT2D eigenvalue weighted by Gasteiger charge is -2.16. The lowest BCUT2D eigenvalue weighted by atomic mass is 10.0. The van der Waals surface area contributed by atoms with Gasteiger partial charge in [-0.3, -0.25) is 0 Å². The van der Waals surface area contributed by atoms with Gasteiger partial charge in [0.1, 0.15) is 5.84 Å². The van der Waals surface area contributed by atoms with E-state index in [1.54, 1.807) is 0 Å². The third-order valence-electron chi connectivity index (χ3n) is 3.28. The van der Waals surface area contributed by atoms with Crippen LogP contribution in [0.2, 0.25) is 0 Å². The van der Waals surface area contributed by atoms with Crippen molar-refractivity contribution in [3.05, 3.63) is 0 Å². The Hall–Kier alpha value is -0.810. The predicted molar refractivity (Wildman–Crippen MR) is 63.5 cm³/mol. The number of nitrogens with zero attached hydrogens (tertiary/aromatic N) is 2. The van der Waals surface area contributed by atoms with Crippen LogP contribution in [-0.4, -0.2) is 46.8 Å². The summed E-state index contributed by atoms with van der Waals surface area (Å²) in [7, 11) is 0. The van der Waals surface area contributed by atoms with E-state index in [-0.39, 0.29) is 6.10 Å². The summed E-state index contributed by atoms with van der Waals surface area (Å²) in [6.45, 7) is 4.99. The standard InChI is InChI=1S/C11H23N3O2/c1-9(15)10-5-7-14(8-10)6-3-2-4-11(12)13-16/h9-10,15-16H,2-8H2,1H3,(H2,12,13). The van der Waals surface area contributed by atoms with E-state index >= 15 is 0 Å². The molecular formula is C11H23N3O2. The van der Waals surface area contributed by atoms with E-state index in [1.165, 1.54) is 0 Å². The summed E-state index contributed by atoms with van der Waals surface area (Å²) < 4.78 is 0. The molecule has 1 rings (SSSR count). The molecule has 0 saturated carbocycles. The minimum atomic E-state index is -0.192. The zero-order valence-electron chi connectivity index (χ0n) is 9.97. The van der Waals surface area contributed by atoms with E-state index in [2.05, 4.69) is 10.1 Å². The summed E-state index contributed by atoms with van der Waals surface area (Å²) in [6, 6.07) is 0. The van der Waals surface area contributed by atoms with Crippen molar-refractivity contribution < 1.29 is 10.3 Å². The number of aliphatic hydroxyl groups excluding tert-OH is 1. The summed E-state index contributed by atoms with van der Waals surface area (Å²) >= 11 is 0. The molecule has 5 heteroatoms. The second kappa shape index (κ2) is 6.70. The molecule has 1 heterocycles. The van der Waals surface area contributed by atoms with Gasteiger partial charge in [0.05, 0.1) is 6.10 Å². The van der Waals surface area contributed by atoms with Gasteiger partial charge in [0.15, 0.2) is 0 Å². The summed E-state index contributed by atoms with van der Waals surface area (Å²) in [5.41, 5.74) is 5.38. The molecule has 0 amide bonds. The van der Waals surface area contributed by atoms with E-state index in [0.29, 0.717) is 18.2 Å². The zero-order valence-corrected chi connectivity index (χ0v) is 9.97. The Morgan fingerprint density at radius 3 is 2.88 bits per heavy atom. The summed E-state index contributed by atoms with van der Waals surface area (Å²) in [6.07, 6.45) is 3.57. The topological polar surface area (TPSA) is 82.1 Å². The Bertz CT molecular complexity index is 231. The molecule has 1 aliphatic heterocycles. The quantitative estimate of drug-likeness (QED) is 0.205. The van der Waals surface area contributed by atoms with Gasteiger partial charge in [-0.15, -0.1) is 0 Å². The Balaban J connectivity index is 2.07. The minimum absolute atomic E-state index is 0.192. The van der Waals surface area contributed by atoms with Gasteiger partial charge in [-0.2, -0.15) is 0 Å². The molecular weight excluding hydrogens is 206 g/mol. The van der Waals surface area contributed by atoms with Crippen LogP contribution in [0.15, 0.2) is 5.16 Å². The predicted octanol–water partition coefficient (Wildman–Crippen LogP) is 0.606. The van der Waals surface area contributed by atoms with E-state index in [9.17, 15) is 5.11 Å². The third kappa shape index (κ3) is 4.37. The Morgan fingerprint density at radius 2 is 2.31 bits per heavy atom. The van der Waals surface area contributed by atoms with Gasteiger partial charge in [-0.25, -0.2) is 0 Å². The van der Waals surface area contributed by atoms with Crippen molar-refractivity contribution in [1.82, 2.24) is 4.90 Å². The van der Waals surface area contributed by atoms with Crippen LogP contribution in [0.5, 0.6) is 0 Å². The summed E-state index contributed by atoms with van der Waals surface area (Å²) in [5, 5.41) is 20.8. The summed E-state index contributed by atoms with van der Waals surface area (Å²) in [5.74, 6) is 0.743. The maximum atomic E-state index is 9.46. The first-order valence-corrected chi connectivity index (χ1v) is 6.00. The highest BCUT2D eigenvalue weighted by molar-refractivity contribution is 5.79. The average Bonchev–Trinajstić information content (AvgIpc) is 2.72. The smallest absolute Gasteiger partial charge is 0.139 e. The molecule has 0 aromatic rings. The number of hydrogen-bond acceptors (Lipinski definition) is 4. The third-order valence-corrected chi connectivity index (χ3v) is 3.28. The van der Waals surface area contributed by atoms with E-state index in [1.807, 2.05) is 6.92 Å². The largest absolute Gasteiger partial charge is 0.409 e. The molecule has 0 aliphatic carbocycles. The number of oxime groups is 1. The molecule has 0 radical (unpaired) electrons. The first-order valence-electron chi connectivity index (χ1n) is 6.00. The number of unbranched alkanes of at least 4 members (excludes halogenated alkanes) is 1. The van der Waals surface area contributed by atoms with E-state index in [4.69, 9.17) is 10.9 Å². The molecule has 2 atom stereocenters. The van der Waals surface area contributed by atoms with Crippen molar-refractivity contribution in [2.24, 2.45) is 16.8 Å². The SMILES string of the molecule is CC(O)C1CCN(CCCCC(N)=NO)C1. The first-order chi connectivity index (χ1) is 7.63. The lowest BCUT2D eigenvalue weighted by Crippen LogP contribution is -2.25. The van der Waals surface area contributed by atoms with Gasteiger partial charge in [-0.05, 0) is 45.2 Å². The Kier molecular flexibility index (Phi) is 5.55. The fourth-order valence-electron chi connectivity index (χ4n) is 2.15. The van der Waals surface area contributed by atoms with Crippen molar-refractivity contribution >= 4 is 5.84 Å². The normalized spacial score (nSPS) is 24.9. The highest BCUT2D eigenvalue weighted by Gasteiger charge is 2.25. The highest BCUT2D eigenvalue weighted by atomic mass is 16.4. The number of aliphatic hydroxyl groups is 1. The van der Waals surface area contributed by atoms with Crippen molar-refractivity contribution in [2.75, 3.05) is 19.6 Å². The Labute approximate surface area is 96.9 Å². The summed E-state index contributed by atoms with van der Waals surface area (Å²) in [4.78, 5) is 2.38. The van der Waals surface area contributed by atoms with Crippen LogP contribution in [0.3, 0.4) is 0 Å². The molecule has 1 aliphatic rings. The highest BCUT2D eigenvalue weighted by Crippen LogP contribution is 2.19. The minimum Gasteiger partial charge on any atom is -0.409 e. The van der Waals surface area contributed by atoms with Crippen LogP contribution in [-0.2, 0) is 0 Å². The van der Waals surface area contributed by atoms with Crippen molar-refractivity contribution in [3.63, 3.8) is 0 Å². The number of likely N-dealkylation sites (tertiary alicyclic amines) is 1. The van der Waals surface area contributed by atoms with Crippen LogP contribution in [0.1, 0.15) is 32.6 Å². The van der Waals surface area contributed by atoms with Gasteiger partial charge in [0, 0.05) is 13.0 Å². The van der Waals surface area contributed by atoms with Gasteiger partial charge >= 0.3 is 0 Å². The first kappa shape index (κ1) is 13.3. The van der Waals surface area contributed by atoms with Gasteiger partial charge in [0.2, 0.25) is 0 Å². The average molecular weight is 229 g/mol. The van der Waals surface area contributed by atoms with Gasteiger partial charge in [0.25, 0.3) is 0 Å².